The number of hydrogen-bond acceptors (Lipinski definition) is 2. The van der Waals surface area contributed by atoms with Crippen molar-refractivity contribution in [2.75, 3.05) is 13.1 Å². The Kier molecular flexibility index (Phi) is 3.47. The van der Waals surface area contributed by atoms with E-state index in [0.717, 1.165) is 25.1 Å². The lowest BCUT2D eigenvalue weighted by Gasteiger charge is -2.49. The maximum absolute atomic E-state index is 12.7. The molecule has 0 saturated heterocycles. The van der Waals surface area contributed by atoms with Crippen LogP contribution in [0.25, 0.3) is 5.70 Å². The van der Waals surface area contributed by atoms with Gasteiger partial charge in [0.25, 0.3) is 0 Å². The summed E-state index contributed by atoms with van der Waals surface area (Å²) in [6.07, 6.45) is 1.64. The molecule has 0 unspecified atom stereocenters. The van der Waals surface area contributed by atoms with Gasteiger partial charge >= 0.3 is 0 Å². The van der Waals surface area contributed by atoms with Crippen LogP contribution < -0.4 is 0 Å². The number of hydrogen-bond donors (Lipinski definition) is 0. The summed E-state index contributed by atoms with van der Waals surface area (Å²) >= 11 is 0. The van der Waals surface area contributed by atoms with E-state index >= 15 is 0 Å². The molecule has 1 aromatic carbocycles. The fourth-order valence-electron chi connectivity index (χ4n) is 4.12. The molecular formula is C20H27NO. The summed E-state index contributed by atoms with van der Waals surface area (Å²) < 4.78 is 0. The molecule has 0 amide bonds. The van der Waals surface area contributed by atoms with E-state index in [2.05, 4.69) is 56.9 Å². The highest BCUT2D eigenvalue weighted by Gasteiger charge is 2.43. The van der Waals surface area contributed by atoms with Gasteiger partial charge < -0.3 is 4.90 Å². The van der Waals surface area contributed by atoms with E-state index in [1.165, 1.54) is 16.8 Å². The van der Waals surface area contributed by atoms with E-state index in [1.54, 1.807) is 0 Å². The summed E-state index contributed by atoms with van der Waals surface area (Å²) in [4.78, 5) is 15.2. The van der Waals surface area contributed by atoms with Crippen LogP contribution >= 0.6 is 0 Å². The highest BCUT2D eigenvalue weighted by Crippen LogP contribution is 2.48. The predicted octanol–water partition coefficient (Wildman–Crippen LogP) is 4.40. The van der Waals surface area contributed by atoms with Gasteiger partial charge in [-0.15, -0.1) is 0 Å². The van der Waals surface area contributed by atoms with Crippen molar-refractivity contribution in [2.24, 2.45) is 5.41 Å². The van der Waals surface area contributed by atoms with Gasteiger partial charge in [0.1, 0.15) is 0 Å². The molecule has 0 spiro atoms. The molecule has 2 aliphatic heterocycles. The van der Waals surface area contributed by atoms with Crippen LogP contribution in [0.1, 0.15) is 58.6 Å². The molecule has 22 heavy (non-hydrogen) atoms. The lowest BCUT2D eigenvalue weighted by Crippen LogP contribution is -2.47. The highest BCUT2D eigenvalue weighted by molar-refractivity contribution is 6.04. The SMILES string of the molecule is CCC(=O)C1=C2c3ccccc3C(C)(C)CN2CCC1(C)C. The Balaban J connectivity index is 2.32. The smallest absolute Gasteiger partial charge is 0.161 e. The lowest BCUT2D eigenvalue weighted by molar-refractivity contribution is -0.116. The molecule has 0 aromatic heterocycles. The fourth-order valence-corrected chi connectivity index (χ4v) is 4.12. The highest BCUT2D eigenvalue weighted by atomic mass is 16.1. The van der Waals surface area contributed by atoms with Crippen LogP contribution in [0, 0.1) is 5.41 Å². The average Bonchev–Trinajstić information content (AvgIpc) is 2.47. The zero-order chi connectivity index (χ0) is 16.1. The van der Waals surface area contributed by atoms with E-state index < -0.39 is 0 Å². The Morgan fingerprint density at radius 2 is 1.82 bits per heavy atom. The van der Waals surface area contributed by atoms with Crippen LogP contribution in [0.2, 0.25) is 0 Å². The maximum atomic E-state index is 12.7. The minimum Gasteiger partial charge on any atom is -0.370 e. The first-order valence-electron chi connectivity index (χ1n) is 8.41. The standard InChI is InChI=1S/C20H27NO/c1-6-16(22)17-18-14-9-7-8-10-15(14)20(4,5)13-21(18)12-11-19(17,2)3/h7-10H,6,11-13H2,1-5H3. The molecule has 2 heteroatoms. The third-order valence-electron chi connectivity index (χ3n) is 5.33. The van der Waals surface area contributed by atoms with Crippen molar-refractivity contribution in [3.63, 3.8) is 0 Å². The van der Waals surface area contributed by atoms with Crippen LogP contribution in [-0.4, -0.2) is 23.8 Å². The van der Waals surface area contributed by atoms with Crippen molar-refractivity contribution in [3.05, 3.63) is 41.0 Å². The third kappa shape index (κ3) is 2.20. The van der Waals surface area contributed by atoms with Gasteiger partial charge in [-0.3, -0.25) is 4.79 Å². The van der Waals surface area contributed by atoms with Gasteiger partial charge in [0.2, 0.25) is 0 Å². The molecule has 2 aliphatic rings. The Morgan fingerprint density at radius 3 is 2.50 bits per heavy atom. The second kappa shape index (κ2) is 4.97. The molecule has 3 rings (SSSR count). The number of allylic oxidation sites excluding steroid dienone is 1. The second-order valence-corrected chi connectivity index (χ2v) is 7.99. The summed E-state index contributed by atoms with van der Waals surface area (Å²) in [5, 5.41) is 0. The Hall–Kier alpha value is -1.57. The van der Waals surface area contributed by atoms with Gasteiger partial charge in [-0.25, -0.2) is 0 Å². The number of carbonyl (C=O) groups excluding carboxylic acids is 1. The van der Waals surface area contributed by atoms with Crippen LogP contribution in [0.15, 0.2) is 29.8 Å². The molecule has 0 radical (unpaired) electrons. The Bertz CT molecular complexity index is 651. The van der Waals surface area contributed by atoms with E-state index in [4.69, 9.17) is 0 Å². The summed E-state index contributed by atoms with van der Waals surface area (Å²) in [5.74, 6) is 0.305. The van der Waals surface area contributed by atoms with Crippen LogP contribution in [0.5, 0.6) is 0 Å². The van der Waals surface area contributed by atoms with Gasteiger partial charge in [-0.2, -0.15) is 0 Å². The minimum absolute atomic E-state index is 0.0342. The summed E-state index contributed by atoms with van der Waals surface area (Å²) in [6.45, 7) is 13.1. The Labute approximate surface area is 134 Å². The monoisotopic (exact) mass is 297 g/mol. The summed E-state index contributed by atoms with van der Waals surface area (Å²) in [7, 11) is 0. The van der Waals surface area contributed by atoms with E-state index in [1.807, 2.05) is 6.92 Å². The molecule has 118 valence electrons. The zero-order valence-corrected chi connectivity index (χ0v) is 14.5. The predicted molar refractivity (Wildman–Crippen MR) is 91.7 cm³/mol. The summed E-state index contributed by atoms with van der Waals surface area (Å²) in [6, 6.07) is 8.64. The quantitative estimate of drug-likeness (QED) is 0.806. The summed E-state index contributed by atoms with van der Waals surface area (Å²) in [5.41, 5.74) is 4.99. The number of Topliss-reactive ketones (excluding diaryl/α,β-unsaturated/α-hetero) is 1. The van der Waals surface area contributed by atoms with Crippen molar-refractivity contribution in [1.82, 2.24) is 4.90 Å². The largest absolute Gasteiger partial charge is 0.370 e. The first kappa shape index (κ1) is 15.3. The van der Waals surface area contributed by atoms with Crippen molar-refractivity contribution < 1.29 is 4.79 Å². The number of fused-ring (bicyclic) bond motifs is 3. The van der Waals surface area contributed by atoms with Gasteiger partial charge in [0.15, 0.2) is 5.78 Å². The van der Waals surface area contributed by atoms with Crippen LogP contribution in [-0.2, 0) is 10.2 Å². The number of nitrogens with zero attached hydrogens (tertiary/aromatic N) is 1. The minimum atomic E-state index is -0.0342. The van der Waals surface area contributed by atoms with E-state index in [0.29, 0.717) is 12.2 Å². The van der Waals surface area contributed by atoms with Crippen molar-refractivity contribution in [2.45, 2.75) is 52.9 Å². The molecule has 0 saturated carbocycles. The zero-order valence-electron chi connectivity index (χ0n) is 14.5. The first-order valence-corrected chi connectivity index (χ1v) is 8.41. The normalized spacial score (nSPS) is 22.1. The lowest BCUT2D eigenvalue weighted by atomic mass is 9.69. The van der Waals surface area contributed by atoms with Crippen LogP contribution in [0.4, 0.5) is 0 Å². The van der Waals surface area contributed by atoms with Crippen molar-refractivity contribution >= 4 is 11.5 Å². The molecule has 2 nitrogen and oxygen atoms in total. The second-order valence-electron chi connectivity index (χ2n) is 7.99. The topological polar surface area (TPSA) is 20.3 Å². The van der Waals surface area contributed by atoms with Gasteiger partial charge in [0.05, 0.1) is 5.70 Å². The molecule has 0 bridgehead atoms. The number of benzene rings is 1. The van der Waals surface area contributed by atoms with Gasteiger partial charge in [0, 0.05) is 36.1 Å². The Morgan fingerprint density at radius 1 is 1.14 bits per heavy atom. The van der Waals surface area contributed by atoms with E-state index in [-0.39, 0.29) is 10.8 Å². The third-order valence-corrected chi connectivity index (χ3v) is 5.33. The number of ketones is 1. The van der Waals surface area contributed by atoms with Crippen molar-refractivity contribution in [1.29, 1.82) is 0 Å². The molecular weight excluding hydrogens is 270 g/mol. The molecule has 2 heterocycles. The van der Waals surface area contributed by atoms with Crippen molar-refractivity contribution in [3.8, 4) is 0 Å². The van der Waals surface area contributed by atoms with E-state index in [9.17, 15) is 4.79 Å². The number of rotatable bonds is 2. The molecule has 0 atom stereocenters. The first-order chi connectivity index (χ1) is 10.3. The fraction of sp³-hybridized carbons (Fsp3) is 0.550. The van der Waals surface area contributed by atoms with Crippen LogP contribution in [0.3, 0.4) is 0 Å². The van der Waals surface area contributed by atoms with Gasteiger partial charge in [-0.1, -0.05) is 58.9 Å². The maximum Gasteiger partial charge on any atom is 0.161 e. The molecule has 0 aliphatic carbocycles. The molecule has 1 aromatic rings. The average molecular weight is 297 g/mol. The molecule has 0 fully saturated rings. The van der Waals surface area contributed by atoms with Gasteiger partial charge in [-0.05, 0) is 17.4 Å². The number of carbonyl (C=O) groups is 1. The molecule has 0 N–H and O–H groups in total.